The van der Waals surface area contributed by atoms with E-state index in [9.17, 15) is 0 Å². The summed E-state index contributed by atoms with van der Waals surface area (Å²) in [6.45, 7) is 6.65. The molecule has 0 bridgehead atoms. The summed E-state index contributed by atoms with van der Waals surface area (Å²) >= 11 is 0. The first-order chi connectivity index (χ1) is 10.0. The van der Waals surface area contributed by atoms with Crippen LogP contribution in [0.1, 0.15) is 26.3 Å². The molecule has 0 saturated heterocycles. The Morgan fingerprint density at radius 3 is 2.10 bits per heavy atom. The maximum absolute atomic E-state index is 6.06. The SMILES string of the molecule is CC(C)(C)c1ccc(Oc2cccc3ccccc23)cc1. The van der Waals surface area contributed by atoms with E-state index in [0.29, 0.717) is 0 Å². The van der Waals surface area contributed by atoms with Crippen LogP contribution < -0.4 is 4.74 Å². The number of fused-ring (bicyclic) bond motifs is 1. The zero-order valence-electron chi connectivity index (χ0n) is 12.8. The van der Waals surface area contributed by atoms with E-state index in [1.54, 1.807) is 0 Å². The van der Waals surface area contributed by atoms with Crippen molar-refractivity contribution >= 4 is 10.8 Å². The molecule has 0 aliphatic rings. The minimum Gasteiger partial charge on any atom is -0.457 e. The van der Waals surface area contributed by atoms with Gasteiger partial charge < -0.3 is 4.74 Å². The summed E-state index contributed by atoms with van der Waals surface area (Å²) in [5, 5.41) is 2.33. The molecule has 1 nitrogen and oxygen atoms in total. The van der Waals surface area contributed by atoms with Crippen molar-refractivity contribution in [1.82, 2.24) is 0 Å². The molecule has 106 valence electrons. The highest BCUT2D eigenvalue weighted by Gasteiger charge is 2.13. The maximum atomic E-state index is 6.06. The van der Waals surface area contributed by atoms with Gasteiger partial charge in [-0.3, -0.25) is 0 Å². The van der Waals surface area contributed by atoms with Gasteiger partial charge in [0.15, 0.2) is 0 Å². The smallest absolute Gasteiger partial charge is 0.135 e. The normalized spacial score (nSPS) is 11.6. The van der Waals surface area contributed by atoms with E-state index in [0.717, 1.165) is 16.9 Å². The van der Waals surface area contributed by atoms with Crippen LogP contribution >= 0.6 is 0 Å². The van der Waals surface area contributed by atoms with Gasteiger partial charge in [-0.05, 0) is 34.6 Å². The molecule has 0 saturated carbocycles. The summed E-state index contributed by atoms with van der Waals surface area (Å²) < 4.78 is 6.06. The fourth-order valence-corrected chi connectivity index (χ4v) is 2.43. The first kappa shape index (κ1) is 13.7. The lowest BCUT2D eigenvalue weighted by Crippen LogP contribution is -2.10. The molecule has 0 N–H and O–H groups in total. The lowest BCUT2D eigenvalue weighted by molar-refractivity contribution is 0.487. The van der Waals surface area contributed by atoms with Gasteiger partial charge in [0, 0.05) is 5.39 Å². The molecule has 1 heteroatoms. The summed E-state index contributed by atoms with van der Waals surface area (Å²) in [6.07, 6.45) is 0. The standard InChI is InChI=1S/C20H20O/c1-20(2,3)16-11-13-17(14-12-16)21-19-10-6-8-15-7-4-5-9-18(15)19/h4-14H,1-3H3. The highest BCUT2D eigenvalue weighted by molar-refractivity contribution is 5.88. The van der Waals surface area contributed by atoms with Crippen LogP contribution in [0.15, 0.2) is 66.7 Å². The predicted molar refractivity (Wildman–Crippen MR) is 89.2 cm³/mol. The van der Waals surface area contributed by atoms with Gasteiger partial charge in [0.1, 0.15) is 11.5 Å². The van der Waals surface area contributed by atoms with Crippen molar-refractivity contribution in [3.05, 3.63) is 72.3 Å². The molecule has 0 aliphatic carbocycles. The Hall–Kier alpha value is -2.28. The van der Waals surface area contributed by atoms with Gasteiger partial charge in [0.25, 0.3) is 0 Å². The van der Waals surface area contributed by atoms with Gasteiger partial charge >= 0.3 is 0 Å². The molecule has 3 rings (SSSR count). The second-order valence-electron chi connectivity index (χ2n) is 6.35. The molecule has 0 atom stereocenters. The Balaban J connectivity index is 1.92. The number of hydrogen-bond acceptors (Lipinski definition) is 1. The van der Waals surface area contributed by atoms with Crippen molar-refractivity contribution in [3.63, 3.8) is 0 Å². The minimum absolute atomic E-state index is 0.165. The third-order valence-corrected chi connectivity index (χ3v) is 3.70. The van der Waals surface area contributed by atoms with Crippen LogP contribution in [-0.4, -0.2) is 0 Å². The highest BCUT2D eigenvalue weighted by Crippen LogP contribution is 2.31. The molecule has 0 unspecified atom stereocenters. The van der Waals surface area contributed by atoms with Crippen molar-refractivity contribution in [2.45, 2.75) is 26.2 Å². The monoisotopic (exact) mass is 276 g/mol. The summed E-state index contributed by atoms with van der Waals surface area (Å²) in [4.78, 5) is 0. The summed E-state index contributed by atoms with van der Waals surface area (Å²) in [5.74, 6) is 1.77. The second-order valence-corrected chi connectivity index (χ2v) is 6.35. The topological polar surface area (TPSA) is 9.23 Å². The van der Waals surface area contributed by atoms with Crippen LogP contribution in [0, 0.1) is 0 Å². The van der Waals surface area contributed by atoms with Gasteiger partial charge in [-0.2, -0.15) is 0 Å². The molecule has 0 fully saturated rings. The van der Waals surface area contributed by atoms with Gasteiger partial charge in [0.05, 0.1) is 0 Å². The van der Waals surface area contributed by atoms with Crippen LogP contribution in [-0.2, 0) is 5.41 Å². The number of hydrogen-bond donors (Lipinski definition) is 0. The maximum Gasteiger partial charge on any atom is 0.135 e. The van der Waals surface area contributed by atoms with Crippen LogP contribution in [0.5, 0.6) is 11.5 Å². The Labute approximate surface area is 126 Å². The van der Waals surface area contributed by atoms with Gasteiger partial charge in [-0.1, -0.05) is 69.3 Å². The summed E-state index contributed by atoms with van der Waals surface area (Å²) in [5.41, 5.74) is 1.48. The lowest BCUT2D eigenvalue weighted by atomic mass is 9.87. The Morgan fingerprint density at radius 2 is 1.38 bits per heavy atom. The van der Waals surface area contributed by atoms with Gasteiger partial charge in [0.2, 0.25) is 0 Å². The van der Waals surface area contributed by atoms with Crippen LogP contribution in [0.25, 0.3) is 10.8 Å². The van der Waals surface area contributed by atoms with E-state index in [1.807, 2.05) is 36.4 Å². The van der Waals surface area contributed by atoms with E-state index in [-0.39, 0.29) is 5.41 Å². The number of rotatable bonds is 2. The quantitative estimate of drug-likeness (QED) is 0.563. The fourth-order valence-electron chi connectivity index (χ4n) is 2.43. The molecule has 0 aromatic heterocycles. The molecule has 0 radical (unpaired) electrons. The first-order valence-corrected chi connectivity index (χ1v) is 7.30. The Morgan fingerprint density at radius 1 is 0.714 bits per heavy atom. The Bertz CT molecular complexity index is 743. The largest absolute Gasteiger partial charge is 0.457 e. The first-order valence-electron chi connectivity index (χ1n) is 7.30. The zero-order valence-corrected chi connectivity index (χ0v) is 12.8. The minimum atomic E-state index is 0.165. The molecule has 0 spiro atoms. The fraction of sp³-hybridized carbons (Fsp3) is 0.200. The predicted octanol–water partition coefficient (Wildman–Crippen LogP) is 5.93. The average Bonchev–Trinajstić information content (AvgIpc) is 2.47. The van der Waals surface area contributed by atoms with E-state index in [2.05, 4.69) is 51.1 Å². The van der Waals surface area contributed by atoms with Crippen molar-refractivity contribution in [2.75, 3.05) is 0 Å². The third kappa shape index (κ3) is 2.92. The van der Waals surface area contributed by atoms with E-state index >= 15 is 0 Å². The summed E-state index contributed by atoms with van der Waals surface area (Å²) in [7, 11) is 0. The Kier molecular flexibility index (Phi) is 3.42. The van der Waals surface area contributed by atoms with Gasteiger partial charge in [-0.15, -0.1) is 0 Å². The van der Waals surface area contributed by atoms with Crippen molar-refractivity contribution in [2.24, 2.45) is 0 Å². The molecular weight excluding hydrogens is 256 g/mol. The summed E-state index contributed by atoms with van der Waals surface area (Å²) in [6, 6.07) is 22.8. The molecule has 21 heavy (non-hydrogen) atoms. The van der Waals surface area contributed by atoms with Crippen molar-refractivity contribution in [1.29, 1.82) is 0 Å². The van der Waals surface area contributed by atoms with Crippen LogP contribution in [0.3, 0.4) is 0 Å². The zero-order chi connectivity index (χ0) is 14.9. The van der Waals surface area contributed by atoms with Crippen LogP contribution in [0.4, 0.5) is 0 Å². The molecule has 0 heterocycles. The molecule has 0 amide bonds. The van der Waals surface area contributed by atoms with E-state index in [4.69, 9.17) is 4.74 Å². The average molecular weight is 276 g/mol. The third-order valence-electron chi connectivity index (χ3n) is 3.70. The van der Waals surface area contributed by atoms with Crippen LogP contribution in [0.2, 0.25) is 0 Å². The molecule has 0 aliphatic heterocycles. The second kappa shape index (κ2) is 5.25. The van der Waals surface area contributed by atoms with Crippen molar-refractivity contribution in [3.8, 4) is 11.5 Å². The lowest BCUT2D eigenvalue weighted by Gasteiger charge is -2.19. The van der Waals surface area contributed by atoms with Crippen molar-refractivity contribution < 1.29 is 4.74 Å². The molecule has 3 aromatic carbocycles. The van der Waals surface area contributed by atoms with Gasteiger partial charge in [-0.25, -0.2) is 0 Å². The van der Waals surface area contributed by atoms with E-state index in [1.165, 1.54) is 10.9 Å². The molecular formula is C20H20O. The highest BCUT2D eigenvalue weighted by atomic mass is 16.5. The molecule has 3 aromatic rings. The van der Waals surface area contributed by atoms with E-state index < -0.39 is 0 Å². The number of ether oxygens (including phenoxy) is 1. The number of benzene rings is 3.